The minimum Gasteiger partial charge on any atom is -0.406 e. The summed E-state index contributed by atoms with van der Waals surface area (Å²) in [7, 11) is 0. The van der Waals surface area contributed by atoms with Crippen LogP contribution in [0.2, 0.25) is 15.2 Å². The van der Waals surface area contributed by atoms with E-state index in [9.17, 15) is 13.2 Å². The van der Waals surface area contributed by atoms with Gasteiger partial charge >= 0.3 is 6.36 Å². The zero-order chi connectivity index (χ0) is 14.9. The lowest BCUT2D eigenvalue weighted by Crippen LogP contribution is -2.17. The van der Waals surface area contributed by atoms with Crippen molar-refractivity contribution in [1.29, 1.82) is 0 Å². The van der Waals surface area contributed by atoms with E-state index in [0.29, 0.717) is 5.56 Å². The van der Waals surface area contributed by atoms with E-state index in [2.05, 4.69) is 9.72 Å². The van der Waals surface area contributed by atoms with Crippen LogP contribution in [0, 0.1) is 0 Å². The fourth-order valence-corrected chi connectivity index (χ4v) is 2.09. The second-order valence-corrected chi connectivity index (χ2v) is 4.84. The Morgan fingerprint density at radius 3 is 2.35 bits per heavy atom. The molecule has 0 aliphatic carbocycles. The van der Waals surface area contributed by atoms with Gasteiger partial charge in [-0.3, -0.25) is 0 Å². The summed E-state index contributed by atoms with van der Waals surface area (Å²) >= 11 is 17.5. The lowest BCUT2D eigenvalue weighted by atomic mass is 10.1. The van der Waals surface area contributed by atoms with Crippen molar-refractivity contribution in [2.75, 3.05) is 0 Å². The van der Waals surface area contributed by atoms with Crippen molar-refractivity contribution in [3.05, 3.63) is 45.5 Å². The van der Waals surface area contributed by atoms with Gasteiger partial charge in [0.15, 0.2) is 0 Å². The molecule has 1 heterocycles. The molecular weight excluding hydrogens is 337 g/mol. The average molecular weight is 343 g/mol. The molecule has 106 valence electrons. The molecule has 0 N–H and O–H groups in total. The number of pyridine rings is 1. The van der Waals surface area contributed by atoms with Crippen molar-refractivity contribution in [3.8, 4) is 17.0 Å². The highest BCUT2D eigenvalue weighted by Crippen LogP contribution is 2.34. The summed E-state index contributed by atoms with van der Waals surface area (Å²) in [6.45, 7) is 0. The molecule has 1 aromatic carbocycles. The van der Waals surface area contributed by atoms with Crippen LogP contribution in [-0.2, 0) is 0 Å². The van der Waals surface area contributed by atoms with E-state index in [0.717, 1.165) is 6.07 Å². The number of alkyl halides is 3. The molecular formula is C12H5Cl3F3NO. The summed E-state index contributed by atoms with van der Waals surface area (Å²) < 4.78 is 40.3. The summed E-state index contributed by atoms with van der Waals surface area (Å²) in [5.41, 5.74) is 0.545. The highest BCUT2D eigenvalue weighted by Gasteiger charge is 2.31. The first-order valence-electron chi connectivity index (χ1n) is 5.14. The minimum atomic E-state index is -4.77. The second kappa shape index (κ2) is 5.68. The van der Waals surface area contributed by atoms with E-state index in [-0.39, 0.29) is 26.6 Å². The number of hydrogen-bond donors (Lipinski definition) is 0. The maximum absolute atomic E-state index is 12.2. The van der Waals surface area contributed by atoms with E-state index >= 15 is 0 Å². The van der Waals surface area contributed by atoms with Crippen molar-refractivity contribution >= 4 is 34.8 Å². The monoisotopic (exact) mass is 341 g/mol. The Hall–Kier alpha value is -1.17. The lowest BCUT2D eigenvalue weighted by Gasteiger charge is -2.10. The van der Waals surface area contributed by atoms with Crippen LogP contribution in [-0.4, -0.2) is 11.3 Å². The molecule has 20 heavy (non-hydrogen) atoms. The predicted octanol–water partition coefficient (Wildman–Crippen LogP) is 5.61. The van der Waals surface area contributed by atoms with E-state index < -0.39 is 6.36 Å². The normalized spacial score (nSPS) is 11.5. The standard InChI is InChI=1S/C12H5Cl3F3NO/c13-8-5-9(14)11(15)19-10(8)6-2-1-3-7(4-6)20-12(16,17)18/h1-5H. The SMILES string of the molecule is FC(F)(F)Oc1cccc(-c2nc(Cl)c(Cl)cc2Cl)c1. The molecule has 1 aromatic heterocycles. The molecule has 0 fully saturated rings. The Kier molecular flexibility index (Phi) is 4.32. The van der Waals surface area contributed by atoms with Gasteiger partial charge in [-0.1, -0.05) is 46.9 Å². The number of ether oxygens (including phenoxy) is 1. The summed E-state index contributed by atoms with van der Waals surface area (Å²) in [4.78, 5) is 3.94. The topological polar surface area (TPSA) is 22.1 Å². The van der Waals surface area contributed by atoms with Crippen LogP contribution in [0.3, 0.4) is 0 Å². The zero-order valence-corrected chi connectivity index (χ0v) is 11.8. The zero-order valence-electron chi connectivity index (χ0n) is 9.51. The van der Waals surface area contributed by atoms with Gasteiger partial charge < -0.3 is 4.74 Å². The van der Waals surface area contributed by atoms with Crippen molar-refractivity contribution in [2.45, 2.75) is 6.36 Å². The van der Waals surface area contributed by atoms with E-state index in [1.807, 2.05) is 0 Å². The van der Waals surface area contributed by atoms with Crippen molar-refractivity contribution in [3.63, 3.8) is 0 Å². The number of benzene rings is 1. The summed E-state index contributed by atoms with van der Waals surface area (Å²) in [5, 5.41) is 0.333. The van der Waals surface area contributed by atoms with Gasteiger partial charge in [-0.25, -0.2) is 4.98 Å². The highest BCUT2D eigenvalue weighted by molar-refractivity contribution is 6.42. The van der Waals surface area contributed by atoms with Gasteiger partial charge in [0.2, 0.25) is 0 Å². The third-order valence-electron chi connectivity index (χ3n) is 2.23. The van der Waals surface area contributed by atoms with E-state index in [4.69, 9.17) is 34.8 Å². The fraction of sp³-hybridized carbons (Fsp3) is 0.0833. The molecule has 0 saturated carbocycles. The number of aromatic nitrogens is 1. The molecule has 2 rings (SSSR count). The molecule has 0 radical (unpaired) electrons. The Bertz CT molecular complexity index is 646. The molecule has 2 nitrogen and oxygen atoms in total. The Morgan fingerprint density at radius 1 is 1.00 bits per heavy atom. The van der Waals surface area contributed by atoms with Gasteiger partial charge in [0.1, 0.15) is 10.9 Å². The predicted molar refractivity (Wildman–Crippen MR) is 71.4 cm³/mol. The maximum atomic E-state index is 12.2. The quantitative estimate of drug-likeness (QED) is 0.662. The van der Waals surface area contributed by atoms with Crippen LogP contribution >= 0.6 is 34.8 Å². The Balaban J connectivity index is 2.44. The molecule has 2 aromatic rings. The molecule has 0 amide bonds. The van der Waals surface area contributed by atoms with Gasteiger partial charge in [-0.05, 0) is 18.2 Å². The molecule has 0 spiro atoms. The van der Waals surface area contributed by atoms with Crippen LogP contribution in [0.5, 0.6) is 5.75 Å². The molecule has 0 atom stereocenters. The van der Waals surface area contributed by atoms with Crippen LogP contribution in [0.15, 0.2) is 30.3 Å². The first-order valence-corrected chi connectivity index (χ1v) is 6.27. The molecule has 8 heteroatoms. The van der Waals surface area contributed by atoms with E-state index in [1.165, 1.54) is 24.3 Å². The third-order valence-corrected chi connectivity index (χ3v) is 3.19. The minimum absolute atomic E-state index is 0.00760. The molecule has 0 saturated heterocycles. The summed E-state index contributed by atoms with van der Waals surface area (Å²) in [5.74, 6) is -0.376. The molecule has 0 aliphatic heterocycles. The van der Waals surface area contributed by atoms with Crippen molar-refractivity contribution in [2.24, 2.45) is 0 Å². The van der Waals surface area contributed by atoms with Crippen LogP contribution in [0.4, 0.5) is 13.2 Å². The third kappa shape index (κ3) is 3.69. The van der Waals surface area contributed by atoms with E-state index in [1.54, 1.807) is 0 Å². The van der Waals surface area contributed by atoms with Gasteiger partial charge in [0.05, 0.1) is 15.7 Å². The first-order chi connectivity index (χ1) is 9.26. The highest BCUT2D eigenvalue weighted by atomic mass is 35.5. The average Bonchev–Trinajstić information content (AvgIpc) is 2.32. The number of nitrogens with zero attached hydrogens (tertiary/aromatic N) is 1. The summed E-state index contributed by atoms with van der Waals surface area (Å²) in [6, 6.07) is 6.61. The Labute approximate surface area is 127 Å². The summed E-state index contributed by atoms with van der Waals surface area (Å²) in [6.07, 6.45) is -4.77. The van der Waals surface area contributed by atoms with Gasteiger partial charge in [-0.2, -0.15) is 0 Å². The molecule has 0 aliphatic rings. The van der Waals surface area contributed by atoms with Gasteiger partial charge in [-0.15, -0.1) is 13.2 Å². The van der Waals surface area contributed by atoms with Crippen molar-refractivity contribution in [1.82, 2.24) is 4.98 Å². The Morgan fingerprint density at radius 2 is 1.70 bits per heavy atom. The van der Waals surface area contributed by atoms with Crippen LogP contribution in [0.25, 0.3) is 11.3 Å². The lowest BCUT2D eigenvalue weighted by molar-refractivity contribution is -0.274. The van der Waals surface area contributed by atoms with Crippen LogP contribution in [0.1, 0.15) is 0 Å². The maximum Gasteiger partial charge on any atom is 0.573 e. The van der Waals surface area contributed by atoms with Crippen molar-refractivity contribution < 1.29 is 17.9 Å². The number of hydrogen-bond acceptors (Lipinski definition) is 2. The molecule has 0 unspecified atom stereocenters. The van der Waals surface area contributed by atoms with Gasteiger partial charge in [0.25, 0.3) is 0 Å². The number of halogens is 6. The largest absolute Gasteiger partial charge is 0.573 e. The first kappa shape index (κ1) is 15.2. The smallest absolute Gasteiger partial charge is 0.406 e. The number of rotatable bonds is 2. The fourth-order valence-electron chi connectivity index (χ4n) is 1.49. The van der Waals surface area contributed by atoms with Crippen LogP contribution < -0.4 is 4.74 Å². The second-order valence-electron chi connectivity index (χ2n) is 3.67. The van der Waals surface area contributed by atoms with Gasteiger partial charge in [0, 0.05) is 5.56 Å². The molecule has 0 bridgehead atoms.